The number of aliphatic hydroxyl groups excluding tert-OH is 1. The molecule has 2 aromatic carbocycles. The van der Waals surface area contributed by atoms with Gasteiger partial charge in [0, 0.05) is 21.8 Å². The van der Waals surface area contributed by atoms with E-state index in [9.17, 15) is 5.11 Å². The second kappa shape index (κ2) is 5.27. The van der Waals surface area contributed by atoms with Crippen LogP contribution >= 0.6 is 0 Å². The lowest BCUT2D eigenvalue weighted by atomic mass is 10.2. The van der Waals surface area contributed by atoms with Crippen molar-refractivity contribution in [2.75, 3.05) is 20.6 Å². The van der Waals surface area contributed by atoms with E-state index < -0.39 is 0 Å². The zero-order chi connectivity index (χ0) is 14.1. The van der Waals surface area contributed by atoms with Gasteiger partial charge >= 0.3 is 0 Å². The van der Waals surface area contributed by atoms with E-state index in [-0.39, 0.29) is 6.10 Å². The summed E-state index contributed by atoms with van der Waals surface area (Å²) in [4.78, 5) is 1.26. The molecule has 0 saturated heterocycles. The molecule has 104 valence electrons. The number of likely N-dealkylation sites (N-methyl/N-ethyl adjacent to an activating group) is 1. The minimum atomic E-state index is -0.334. The van der Waals surface area contributed by atoms with Crippen LogP contribution in [0.25, 0.3) is 21.8 Å². The van der Waals surface area contributed by atoms with Crippen LogP contribution in [0.1, 0.15) is 0 Å². The highest BCUT2D eigenvalue weighted by molar-refractivity contribution is 6.07. The molecule has 1 heterocycles. The predicted octanol–water partition coefficient (Wildman–Crippen LogP) is 1.30. The van der Waals surface area contributed by atoms with Crippen molar-refractivity contribution in [2.45, 2.75) is 12.6 Å². The van der Waals surface area contributed by atoms with Crippen molar-refractivity contribution < 1.29 is 10.0 Å². The van der Waals surface area contributed by atoms with Gasteiger partial charge in [-0.05, 0) is 12.1 Å². The number of hydrogen-bond acceptors (Lipinski definition) is 1. The quantitative estimate of drug-likeness (QED) is 0.734. The number of fused-ring (bicyclic) bond motifs is 3. The van der Waals surface area contributed by atoms with Crippen molar-refractivity contribution in [1.82, 2.24) is 4.57 Å². The maximum absolute atomic E-state index is 10.3. The van der Waals surface area contributed by atoms with E-state index in [4.69, 9.17) is 0 Å². The Hall–Kier alpha value is -1.84. The largest absolute Gasteiger partial charge is 0.385 e. The van der Waals surface area contributed by atoms with E-state index in [1.807, 2.05) is 0 Å². The van der Waals surface area contributed by atoms with Crippen molar-refractivity contribution in [3.8, 4) is 0 Å². The van der Waals surface area contributed by atoms with Crippen LogP contribution in [0.15, 0.2) is 48.5 Å². The number of aliphatic hydroxyl groups is 1. The molecule has 3 rings (SSSR count). The molecule has 0 bridgehead atoms. The first-order valence-corrected chi connectivity index (χ1v) is 7.10. The van der Waals surface area contributed by atoms with Gasteiger partial charge in [0.05, 0.1) is 20.6 Å². The van der Waals surface area contributed by atoms with Gasteiger partial charge in [-0.15, -0.1) is 0 Å². The molecule has 3 nitrogen and oxygen atoms in total. The van der Waals surface area contributed by atoms with Crippen LogP contribution in [-0.2, 0) is 6.54 Å². The SMILES string of the molecule is C[NH+](C)C[C@H](O)Cn1c2ccccc2c2ccccc21. The zero-order valence-corrected chi connectivity index (χ0v) is 12.0. The van der Waals surface area contributed by atoms with E-state index in [0.717, 1.165) is 6.54 Å². The summed E-state index contributed by atoms with van der Waals surface area (Å²) in [6.45, 7) is 1.39. The van der Waals surface area contributed by atoms with Crippen LogP contribution in [0.4, 0.5) is 0 Å². The number of benzene rings is 2. The van der Waals surface area contributed by atoms with Crippen LogP contribution in [0, 0.1) is 0 Å². The Morgan fingerprint density at radius 1 is 0.950 bits per heavy atom. The van der Waals surface area contributed by atoms with Gasteiger partial charge in [-0.25, -0.2) is 0 Å². The van der Waals surface area contributed by atoms with Crippen molar-refractivity contribution in [2.24, 2.45) is 0 Å². The van der Waals surface area contributed by atoms with Gasteiger partial charge < -0.3 is 14.6 Å². The van der Waals surface area contributed by atoms with Crippen LogP contribution in [0.5, 0.6) is 0 Å². The average molecular weight is 269 g/mol. The summed E-state index contributed by atoms with van der Waals surface area (Å²) in [7, 11) is 4.13. The second-order valence-electron chi connectivity index (χ2n) is 5.71. The smallest absolute Gasteiger partial charge is 0.121 e. The Labute approximate surface area is 119 Å². The van der Waals surface area contributed by atoms with Gasteiger partial charge in [-0.3, -0.25) is 0 Å². The fourth-order valence-corrected chi connectivity index (χ4v) is 2.95. The molecule has 0 fully saturated rings. The summed E-state index contributed by atoms with van der Waals surface area (Å²) >= 11 is 0. The molecule has 0 aliphatic carbocycles. The third-order valence-electron chi connectivity index (χ3n) is 3.72. The average Bonchev–Trinajstić information content (AvgIpc) is 2.73. The van der Waals surface area contributed by atoms with Crippen molar-refractivity contribution in [1.29, 1.82) is 0 Å². The molecular formula is C17H21N2O+. The molecule has 20 heavy (non-hydrogen) atoms. The molecule has 0 spiro atoms. The van der Waals surface area contributed by atoms with Crippen LogP contribution < -0.4 is 4.90 Å². The summed E-state index contributed by atoms with van der Waals surface area (Å²) in [6, 6.07) is 16.8. The lowest BCUT2D eigenvalue weighted by Gasteiger charge is -2.16. The van der Waals surface area contributed by atoms with E-state index in [0.29, 0.717) is 6.54 Å². The first-order chi connectivity index (χ1) is 9.66. The van der Waals surface area contributed by atoms with Gasteiger partial charge in [0.15, 0.2) is 0 Å². The summed E-state index contributed by atoms with van der Waals surface area (Å²) in [5.41, 5.74) is 2.39. The molecule has 2 N–H and O–H groups in total. The van der Waals surface area contributed by atoms with Gasteiger partial charge in [-0.2, -0.15) is 0 Å². The Morgan fingerprint density at radius 3 is 1.95 bits per heavy atom. The molecule has 0 saturated carbocycles. The second-order valence-corrected chi connectivity index (χ2v) is 5.71. The first kappa shape index (κ1) is 13.2. The Kier molecular flexibility index (Phi) is 3.47. The fraction of sp³-hybridized carbons (Fsp3) is 0.294. The van der Waals surface area contributed by atoms with E-state index in [1.165, 1.54) is 26.7 Å². The van der Waals surface area contributed by atoms with Gasteiger partial charge in [0.2, 0.25) is 0 Å². The number of nitrogens with one attached hydrogen (secondary N) is 1. The molecular weight excluding hydrogens is 248 g/mol. The lowest BCUT2D eigenvalue weighted by Crippen LogP contribution is -3.07. The molecule has 3 aromatic rings. The van der Waals surface area contributed by atoms with Gasteiger partial charge in [-0.1, -0.05) is 36.4 Å². The number of para-hydroxylation sites is 2. The minimum absolute atomic E-state index is 0.334. The molecule has 0 aliphatic heterocycles. The lowest BCUT2D eigenvalue weighted by molar-refractivity contribution is -0.861. The van der Waals surface area contributed by atoms with Crippen LogP contribution in [0.3, 0.4) is 0 Å². The maximum Gasteiger partial charge on any atom is 0.121 e. The number of aromatic nitrogens is 1. The van der Waals surface area contributed by atoms with Gasteiger partial charge in [0.25, 0.3) is 0 Å². The van der Waals surface area contributed by atoms with Crippen LogP contribution in [-0.4, -0.2) is 36.4 Å². The number of rotatable bonds is 4. The third-order valence-corrected chi connectivity index (χ3v) is 3.72. The molecule has 0 radical (unpaired) electrons. The Bertz CT molecular complexity index is 677. The summed E-state index contributed by atoms with van der Waals surface area (Å²) in [6.07, 6.45) is -0.334. The molecule has 1 aromatic heterocycles. The number of quaternary nitrogens is 1. The number of nitrogens with zero attached hydrogens (tertiary/aromatic N) is 1. The zero-order valence-electron chi connectivity index (χ0n) is 12.0. The minimum Gasteiger partial charge on any atom is -0.385 e. The van der Waals surface area contributed by atoms with Crippen molar-refractivity contribution in [3.63, 3.8) is 0 Å². The first-order valence-electron chi connectivity index (χ1n) is 7.10. The van der Waals surface area contributed by atoms with Crippen molar-refractivity contribution >= 4 is 21.8 Å². The Balaban J connectivity index is 2.12. The topological polar surface area (TPSA) is 29.6 Å². The highest BCUT2D eigenvalue weighted by Gasteiger charge is 2.14. The monoisotopic (exact) mass is 269 g/mol. The van der Waals surface area contributed by atoms with E-state index >= 15 is 0 Å². The third kappa shape index (κ3) is 2.30. The maximum atomic E-state index is 10.3. The molecule has 0 amide bonds. The standard InChI is InChI=1S/C17H20N2O/c1-18(2)11-13(20)12-19-16-9-5-3-7-14(16)15-8-4-6-10-17(15)19/h3-10,13,20H,11-12H2,1-2H3/p+1/t13-/m0/s1. The summed E-state index contributed by atoms with van der Waals surface area (Å²) in [5.74, 6) is 0. The summed E-state index contributed by atoms with van der Waals surface area (Å²) in [5, 5.41) is 12.8. The molecule has 3 heteroatoms. The summed E-state index contributed by atoms with van der Waals surface area (Å²) < 4.78 is 2.23. The Morgan fingerprint density at radius 2 is 1.45 bits per heavy atom. The van der Waals surface area contributed by atoms with E-state index in [2.05, 4.69) is 67.2 Å². The van der Waals surface area contributed by atoms with E-state index in [1.54, 1.807) is 0 Å². The van der Waals surface area contributed by atoms with Crippen molar-refractivity contribution in [3.05, 3.63) is 48.5 Å². The highest BCUT2D eigenvalue weighted by atomic mass is 16.3. The predicted molar refractivity (Wildman–Crippen MR) is 83.1 cm³/mol. The molecule has 1 atom stereocenters. The number of hydrogen-bond donors (Lipinski definition) is 2. The highest BCUT2D eigenvalue weighted by Crippen LogP contribution is 2.28. The molecule has 0 unspecified atom stereocenters. The normalized spacial score (nSPS) is 13.4. The van der Waals surface area contributed by atoms with Crippen LogP contribution in [0.2, 0.25) is 0 Å². The van der Waals surface area contributed by atoms with Gasteiger partial charge in [0.1, 0.15) is 12.6 Å². The molecule has 0 aliphatic rings. The fourth-order valence-electron chi connectivity index (χ4n) is 2.95.